The van der Waals surface area contributed by atoms with Gasteiger partial charge in [-0.2, -0.15) is 8.42 Å². The summed E-state index contributed by atoms with van der Waals surface area (Å²) in [6, 6.07) is 8.39. The molecule has 1 aromatic carbocycles. The lowest BCUT2D eigenvalue weighted by molar-refractivity contribution is -0.132. The molecule has 21 nitrogen and oxygen atoms in total. The van der Waals surface area contributed by atoms with Crippen molar-refractivity contribution in [1.29, 1.82) is 0 Å². The lowest BCUT2D eigenvalue weighted by Gasteiger charge is -2.23. The molecule has 0 saturated carbocycles. The molecule has 0 saturated heterocycles. The van der Waals surface area contributed by atoms with Gasteiger partial charge in [0.1, 0.15) is 5.78 Å². The van der Waals surface area contributed by atoms with Gasteiger partial charge in [-0.25, -0.2) is 9.80 Å². The van der Waals surface area contributed by atoms with Crippen molar-refractivity contribution in [2.24, 2.45) is 23.5 Å². The van der Waals surface area contributed by atoms with Crippen LogP contribution in [-0.4, -0.2) is 157 Å². The standard InChI is InChI=1S/C42H70N8O13S/c1-30(2)39(37(52)27-32(40(54)44-3)10-8-14-47-42(43)56)48-38(53)13-17-60-19-21-62-23-24-63-22-20-61-18-15-46-41(55)33(29-64(57,58)59)26-35(51)12-16-50-34(28-49(5)45-4)25-31-9-6-7-11-36(31)50/h6-7,9,11,25,30,32-33,39,45H,8,10,12-24,26-29H2,1-5H3,(H,44,54)(H,46,55)(H,48,53)(H3,43,47,56)(H,57,58,59)/t32-,33+,39?/m1/s1. The lowest BCUT2D eigenvalue weighted by atomic mass is 9.89. The highest BCUT2D eigenvalue weighted by Gasteiger charge is 2.29. The Morgan fingerprint density at radius 1 is 0.812 bits per heavy atom. The molecule has 22 heteroatoms. The predicted octanol–water partition coefficient (Wildman–Crippen LogP) is 0.544. The van der Waals surface area contributed by atoms with Gasteiger partial charge >= 0.3 is 6.03 Å². The largest absolute Gasteiger partial charge is 0.379 e. The first-order chi connectivity index (χ1) is 30.4. The highest BCUT2D eigenvalue weighted by Crippen LogP contribution is 2.22. The van der Waals surface area contributed by atoms with E-state index in [4.69, 9.17) is 24.7 Å². The third-order valence-corrected chi connectivity index (χ3v) is 10.9. The van der Waals surface area contributed by atoms with Gasteiger partial charge in [-0.1, -0.05) is 32.0 Å². The molecule has 0 aliphatic heterocycles. The Morgan fingerprint density at radius 3 is 2.03 bits per heavy atom. The number of ether oxygens (including phenoxy) is 4. The summed E-state index contributed by atoms with van der Waals surface area (Å²) in [6.07, 6.45) is 0.478. The number of carbonyl (C=O) groups excluding carboxylic acids is 6. The van der Waals surface area contributed by atoms with E-state index in [-0.39, 0.29) is 121 Å². The number of hydrogen-bond donors (Lipinski definition) is 7. The van der Waals surface area contributed by atoms with E-state index in [1.54, 1.807) is 20.9 Å². The molecule has 362 valence electrons. The van der Waals surface area contributed by atoms with E-state index in [9.17, 15) is 41.7 Å². The summed E-state index contributed by atoms with van der Waals surface area (Å²) in [5.41, 5.74) is 10.1. The molecule has 0 spiro atoms. The molecular formula is C42H70N8O13S. The number of aromatic nitrogens is 1. The second-order valence-electron chi connectivity index (χ2n) is 15.6. The number of para-hydroxylation sites is 1. The van der Waals surface area contributed by atoms with E-state index >= 15 is 0 Å². The second-order valence-corrected chi connectivity index (χ2v) is 17.1. The van der Waals surface area contributed by atoms with Crippen LogP contribution in [0.2, 0.25) is 0 Å². The van der Waals surface area contributed by atoms with E-state index < -0.39 is 45.7 Å². The number of hydrogen-bond acceptors (Lipinski definition) is 14. The highest BCUT2D eigenvalue weighted by atomic mass is 32.2. The first kappa shape index (κ1) is 55.6. The Hall–Kier alpha value is -4.55. The molecule has 1 heterocycles. The number of ketones is 2. The minimum absolute atomic E-state index is 0.0238. The molecule has 64 heavy (non-hydrogen) atoms. The van der Waals surface area contributed by atoms with Crippen LogP contribution in [0.15, 0.2) is 30.3 Å². The average molecular weight is 927 g/mol. The van der Waals surface area contributed by atoms with Gasteiger partial charge in [0.25, 0.3) is 10.1 Å². The maximum atomic E-state index is 13.1. The number of aryl methyl sites for hydroxylation is 1. The Balaban J connectivity index is 1.59. The third kappa shape index (κ3) is 22.9. The van der Waals surface area contributed by atoms with Crippen LogP contribution >= 0.6 is 0 Å². The fourth-order valence-corrected chi connectivity index (χ4v) is 7.50. The van der Waals surface area contributed by atoms with Gasteiger partial charge in [-0.3, -0.25) is 34.0 Å². The molecule has 1 unspecified atom stereocenters. The number of nitrogens with zero attached hydrogens (tertiary/aromatic N) is 2. The fraction of sp³-hybridized carbons (Fsp3) is 0.667. The van der Waals surface area contributed by atoms with Crippen molar-refractivity contribution in [3.63, 3.8) is 0 Å². The number of benzene rings is 1. The van der Waals surface area contributed by atoms with E-state index in [1.165, 1.54) is 7.05 Å². The smallest absolute Gasteiger partial charge is 0.312 e. The van der Waals surface area contributed by atoms with Crippen molar-refractivity contribution in [1.82, 2.24) is 36.3 Å². The summed E-state index contributed by atoms with van der Waals surface area (Å²) in [4.78, 5) is 74.9. The van der Waals surface area contributed by atoms with E-state index in [0.29, 0.717) is 25.9 Å². The number of carbonyl (C=O) groups is 6. The Labute approximate surface area is 376 Å². The minimum Gasteiger partial charge on any atom is -0.379 e. The maximum absolute atomic E-state index is 13.1. The van der Waals surface area contributed by atoms with Gasteiger partial charge in [0.15, 0.2) is 5.78 Å². The molecule has 2 rings (SSSR count). The van der Waals surface area contributed by atoms with Gasteiger partial charge in [0, 0.05) is 76.5 Å². The molecule has 8 N–H and O–H groups in total. The Kier molecular flexibility index (Phi) is 26.5. The van der Waals surface area contributed by atoms with Crippen molar-refractivity contribution in [2.45, 2.75) is 71.5 Å². The lowest BCUT2D eigenvalue weighted by Crippen LogP contribution is -2.46. The van der Waals surface area contributed by atoms with Gasteiger partial charge in [-0.15, -0.1) is 0 Å². The number of nitrogens with two attached hydrogens (primary N) is 1. The normalized spacial score (nSPS) is 13.1. The van der Waals surface area contributed by atoms with Gasteiger partial charge in [0.2, 0.25) is 17.7 Å². The van der Waals surface area contributed by atoms with Gasteiger partial charge in [-0.05, 0) is 43.3 Å². The van der Waals surface area contributed by atoms with Crippen LogP contribution in [0.4, 0.5) is 4.79 Å². The number of nitrogens with one attached hydrogen (secondary N) is 5. The summed E-state index contributed by atoms with van der Waals surface area (Å²) in [7, 11) is 0.642. The molecular weight excluding hydrogens is 857 g/mol. The van der Waals surface area contributed by atoms with Crippen molar-refractivity contribution in [3.05, 3.63) is 36.0 Å². The molecule has 5 amide bonds. The molecule has 1 aromatic heterocycles. The van der Waals surface area contributed by atoms with Crippen LogP contribution in [0.5, 0.6) is 0 Å². The number of rotatable bonds is 36. The zero-order valence-electron chi connectivity index (χ0n) is 37.9. The first-order valence-electron chi connectivity index (χ1n) is 21.5. The third-order valence-electron chi connectivity index (χ3n) is 10.1. The van der Waals surface area contributed by atoms with Crippen LogP contribution in [-0.2, 0) is 66.1 Å². The van der Waals surface area contributed by atoms with Crippen molar-refractivity contribution in [3.8, 4) is 0 Å². The highest BCUT2D eigenvalue weighted by molar-refractivity contribution is 7.85. The molecule has 2 aromatic rings. The van der Waals surface area contributed by atoms with Crippen LogP contribution in [0, 0.1) is 17.8 Å². The zero-order valence-corrected chi connectivity index (χ0v) is 38.7. The fourth-order valence-electron chi connectivity index (χ4n) is 6.72. The Morgan fingerprint density at radius 2 is 1.44 bits per heavy atom. The number of hydrazine groups is 1. The number of amides is 5. The van der Waals surface area contributed by atoms with Crippen LogP contribution in [0.3, 0.4) is 0 Å². The minimum atomic E-state index is -4.54. The summed E-state index contributed by atoms with van der Waals surface area (Å²) in [5.74, 6) is -4.90. The topological polar surface area (TPSA) is 288 Å². The molecule has 3 atom stereocenters. The Bertz CT molecular complexity index is 1880. The van der Waals surface area contributed by atoms with Crippen molar-refractivity contribution >= 4 is 56.3 Å². The predicted molar refractivity (Wildman–Crippen MR) is 238 cm³/mol. The van der Waals surface area contributed by atoms with Crippen LogP contribution < -0.4 is 32.4 Å². The van der Waals surface area contributed by atoms with E-state index in [2.05, 4.69) is 26.7 Å². The summed E-state index contributed by atoms with van der Waals surface area (Å²) < 4.78 is 56.9. The summed E-state index contributed by atoms with van der Waals surface area (Å²) in [5, 5.41) is 13.3. The number of primary amides is 1. The molecule has 0 aliphatic carbocycles. The SMILES string of the molecule is CNC(=O)[C@H](CCCNC(N)=O)CC(=O)C(NC(=O)CCOCCOCCOCCOCCNC(=O)[C@@H](CC(=O)CCn1c(CN(C)NC)cc2ccccc21)CS(=O)(=O)O)C(C)C. The molecule has 0 radical (unpaired) electrons. The van der Waals surface area contributed by atoms with Crippen molar-refractivity contribution < 1.29 is 60.7 Å². The monoisotopic (exact) mass is 926 g/mol. The summed E-state index contributed by atoms with van der Waals surface area (Å²) >= 11 is 0. The average Bonchev–Trinajstić information content (AvgIpc) is 3.59. The van der Waals surface area contributed by atoms with Gasteiger partial charge in [0.05, 0.1) is 77.1 Å². The zero-order chi connectivity index (χ0) is 47.5. The first-order valence-corrected chi connectivity index (χ1v) is 23.1. The van der Waals surface area contributed by atoms with E-state index in [0.717, 1.165) is 16.6 Å². The number of Topliss-reactive ketones (excluding diaryl/α,β-unsaturated/α-hetero) is 2. The quantitative estimate of drug-likeness (QED) is 0.0279. The summed E-state index contributed by atoms with van der Waals surface area (Å²) in [6.45, 7) is 6.55. The molecule has 0 fully saturated rings. The number of urea groups is 1. The second kappa shape index (κ2) is 30.6. The van der Waals surface area contributed by atoms with Gasteiger partial charge < -0.3 is 50.5 Å². The number of fused-ring (bicyclic) bond motifs is 1. The van der Waals surface area contributed by atoms with Crippen LogP contribution in [0.25, 0.3) is 10.9 Å². The molecule has 0 bridgehead atoms. The maximum Gasteiger partial charge on any atom is 0.312 e. The molecule has 0 aliphatic rings. The van der Waals surface area contributed by atoms with Crippen LogP contribution in [0.1, 0.15) is 58.1 Å². The van der Waals surface area contributed by atoms with Crippen molar-refractivity contribution in [2.75, 3.05) is 92.8 Å². The van der Waals surface area contributed by atoms with E-state index in [1.807, 2.05) is 47.0 Å².